The van der Waals surface area contributed by atoms with E-state index in [-0.39, 0.29) is 11.5 Å². The minimum absolute atomic E-state index is 0.218. The molecule has 154 valence electrons. The average molecular weight is 407 g/mol. The summed E-state index contributed by atoms with van der Waals surface area (Å²) in [5.74, 6) is 1.09. The van der Waals surface area contributed by atoms with Crippen LogP contribution in [0.1, 0.15) is 5.56 Å². The van der Waals surface area contributed by atoms with Crippen LogP contribution in [-0.2, 0) is 14.3 Å². The Morgan fingerprint density at radius 3 is 2.23 bits per heavy atom. The van der Waals surface area contributed by atoms with Gasteiger partial charge in [0, 0.05) is 5.56 Å². The lowest BCUT2D eigenvalue weighted by atomic mass is 10.1. The van der Waals surface area contributed by atoms with Crippen molar-refractivity contribution >= 4 is 18.3 Å². The summed E-state index contributed by atoms with van der Waals surface area (Å²) >= 11 is 0. The van der Waals surface area contributed by atoms with Crippen molar-refractivity contribution in [2.24, 2.45) is 0 Å². The van der Waals surface area contributed by atoms with Gasteiger partial charge >= 0.3 is 5.97 Å². The van der Waals surface area contributed by atoms with E-state index in [1.54, 1.807) is 30.3 Å². The highest BCUT2D eigenvalue weighted by atomic mass is 16.5. The minimum atomic E-state index is -0.548. The maximum atomic E-state index is 12.1. The molecule has 1 heterocycles. The van der Waals surface area contributed by atoms with Crippen molar-refractivity contribution in [1.82, 2.24) is 9.97 Å². The first-order chi connectivity index (χ1) is 14.7. The van der Waals surface area contributed by atoms with E-state index in [0.717, 1.165) is 0 Å². The van der Waals surface area contributed by atoms with Crippen LogP contribution in [0.15, 0.2) is 73.3 Å². The molecule has 0 aliphatic rings. The zero-order chi connectivity index (χ0) is 21.8. The molecule has 0 spiro atoms. The van der Waals surface area contributed by atoms with E-state index in [0.29, 0.717) is 22.9 Å². The van der Waals surface area contributed by atoms with Gasteiger partial charge in [0.2, 0.25) is 11.8 Å². The fourth-order valence-electron chi connectivity index (χ4n) is 2.38. The fourth-order valence-corrected chi connectivity index (χ4v) is 2.38. The number of hydrogen-bond acceptors (Lipinski definition) is 8. The van der Waals surface area contributed by atoms with Gasteiger partial charge in [-0.25, -0.2) is 14.8 Å². The third-order valence-electron chi connectivity index (χ3n) is 3.62. The summed E-state index contributed by atoms with van der Waals surface area (Å²) < 4.78 is 21.4. The maximum Gasteiger partial charge on any atom is 0.341 e. The Hall–Kier alpha value is -4.20. The van der Waals surface area contributed by atoms with E-state index in [1.165, 1.54) is 26.8 Å². The van der Waals surface area contributed by atoms with E-state index in [4.69, 9.17) is 24.4 Å². The van der Waals surface area contributed by atoms with Crippen LogP contribution in [-0.4, -0.2) is 36.9 Å². The lowest BCUT2D eigenvalue weighted by Gasteiger charge is -2.12. The first-order valence-electron chi connectivity index (χ1n) is 8.70. The second kappa shape index (κ2) is 11.6. The van der Waals surface area contributed by atoms with Gasteiger partial charge in [0.25, 0.3) is 0 Å². The predicted molar refractivity (Wildman–Crippen MR) is 112 cm³/mol. The van der Waals surface area contributed by atoms with Gasteiger partial charge in [-0.05, 0) is 24.9 Å². The molecule has 0 saturated heterocycles. The van der Waals surface area contributed by atoms with Crippen molar-refractivity contribution in [2.75, 3.05) is 14.2 Å². The molecule has 0 saturated carbocycles. The number of para-hydroxylation sites is 2. The van der Waals surface area contributed by atoms with Crippen LogP contribution in [0.2, 0.25) is 0 Å². The highest BCUT2D eigenvalue weighted by Crippen LogP contribution is 2.31. The second-order valence-electron chi connectivity index (χ2n) is 5.47. The molecule has 0 fully saturated rings. The Morgan fingerprint density at radius 1 is 0.933 bits per heavy atom. The van der Waals surface area contributed by atoms with Crippen LogP contribution >= 0.6 is 0 Å². The first kappa shape index (κ1) is 22.1. The third-order valence-corrected chi connectivity index (χ3v) is 3.62. The van der Waals surface area contributed by atoms with Gasteiger partial charge < -0.3 is 24.4 Å². The maximum absolute atomic E-state index is 12.1. The van der Waals surface area contributed by atoms with Gasteiger partial charge in [-0.3, -0.25) is 0 Å². The van der Waals surface area contributed by atoms with Gasteiger partial charge in [-0.15, -0.1) is 0 Å². The molecule has 3 rings (SSSR count). The standard InChI is InChI=1S/C21H18N2O5.CH3N/c1-25-13-17(21(24)26-2)16-10-6-7-11-18(16)28-20-12-19(22-14-23-20)27-15-8-4-3-5-9-15;1-2/h3-14H,1-2H3;2H,1H2/b17-13+;. The van der Waals surface area contributed by atoms with Gasteiger partial charge in [0.1, 0.15) is 23.4 Å². The Bertz CT molecular complexity index is 993. The molecule has 0 unspecified atom stereocenters. The zero-order valence-electron chi connectivity index (χ0n) is 16.6. The monoisotopic (exact) mass is 407 g/mol. The summed E-state index contributed by atoms with van der Waals surface area (Å²) in [5.41, 5.74) is 0.718. The normalized spacial score (nSPS) is 10.3. The predicted octanol–water partition coefficient (Wildman–Crippen LogP) is 4.49. The molecule has 1 aromatic heterocycles. The summed E-state index contributed by atoms with van der Waals surface area (Å²) in [6, 6.07) is 17.8. The van der Waals surface area contributed by atoms with Crippen LogP contribution in [0.25, 0.3) is 5.57 Å². The smallest absolute Gasteiger partial charge is 0.341 e. The fraction of sp³-hybridized carbons (Fsp3) is 0.0909. The Morgan fingerprint density at radius 2 is 1.57 bits per heavy atom. The molecule has 1 N–H and O–H groups in total. The summed E-state index contributed by atoms with van der Waals surface area (Å²) in [4.78, 5) is 20.3. The number of aromatic nitrogens is 2. The average Bonchev–Trinajstić information content (AvgIpc) is 2.80. The summed E-state index contributed by atoms with van der Waals surface area (Å²) in [6.07, 6.45) is 2.64. The van der Waals surface area contributed by atoms with Crippen LogP contribution in [0, 0.1) is 5.41 Å². The van der Waals surface area contributed by atoms with E-state index < -0.39 is 5.97 Å². The number of carbonyl (C=O) groups excluding carboxylic acids is 1. The van der Waals surface area contributed by atoms with Gasteiger partial charge in [-0.1, -0.05) is 36.4 Å². The van der Waals surface area contributed by atoms with Crippen molar-refractivity contribution in [1.29, 1.82) is 5.41 Å². The summed E-state index contributed by atoms with van der Waals surface area (Å²) in [5, 5.41) is 5.50. The number of nitrogens with zero attached hydrogens (tertiary/aromatic N) is 2. The van der Waals surface area contributed by atoms with Gasteiger partial charge in [0.15, 0.2) is 0 Å². The Balaban J connectivity index is 0.00000155. The van der Waals surface area contributed by atoms with Gasteiger partial charge in [-0.2, -0.15) is 0 Å². The van der Waals surface area contributed by atoms with Crippen molar-refractivity contribution in [3.63, 3.8) is 0 Å². The SMILES string of the molecule is C=N.CO/C=C(/C(=O)OC)c1ccccc1Oc1cc(Oc2ccccc2)ncn1. The molecule has 0 atom stereocenters. The van der Waals surface area contributed by atoms with Crippen molar-refractivity contribution in [2.45, 2.75) is 0 Å². The number of esters is 1. The Kier molecular flexibility index (Phi) is 8.54. The van der Waals surface area contributed by atoms with Gasteiger partial charge in [0.05, 0.1) is 26.5 Å². The molecule has 8 heteroatoms. The van der Waals surface area contributed by atoms with E-state index in [1.807, 2.05) is 30.3 Å². The number of rotatable bonds is 7. The second-order valence-corrected chi connectivity index (χ2v) is 5.47. The van der Waals surface area contributed by atoms with Crippen LogP contribution in [0.4, 0.5) is 0 Å². The summed E-state index contributed by atoms with van der Waals surface area (Å²) in [7, 11) is 2.75. The molecule has 3 aromatic rings. The van der Waals surface area contributed by atoms with E-state index in [9.17, 15) is 4.79 Å². The van der Waals surface area contributed by atoms with Crippen LogP contribution in [0.5, 0.6) is 23.3 Å². The molecule has 0 amide bonds. The Labute approximate surface area is 174 Å². The molecule has 0 bridgehead atoms. The number of ether oxygens (including phenoxy) is 4. The molecule has 8 nitrogen and oxygen atoms in total. The molecule has 0 aliphatic heterocycles. The molecule has 2 aromatic carbocycles. The first-order valence-corrected chi connectivity index (χ1v) is 8.70. The molecular weight excluding hydrogens is 386 g/mol. The number of methoxy groups -OCH3 is 2. The number of benzene rings is 2. The van der Waals surface area contributed by atoms with E-state index >= 15 is 0 Å². The largest absolute Gasteiger partial charge is 0.503 e. The van der Waals surface area contributed by atoms with E-state index in [2.05, 4.69) is 16.7 Å². The highest BCUT2D eigenvalue weighted by molar-refractivity contribution is 6.17. The topological polar surface area (TPSA) is 104 Å². The van der Waals surface area contributed by atoms with Crippen molar-refractivity contribution in [3.8, 4) is 23.3 Å². The summed E-state index contributed by atoms with van der Waals surface area (Å²) in [6.45, 7) is 2.50. The lowest BCUT2D eigenvalue weighted by Crippen LogP contribution is -2.06. The molecular formula is C22H21N3O5. The molecule has 0 aliphatic carbocycles. The lowest BCUT2D eigenvalue weighted by molar-refractivity contribution is -0.133. The third kappa shape index (κ3) is 5.90. The van der Waals surface area contributed by atoms with Crippen LogP contribution in [0.3, 0.4) is 0 Å². The minimum Gasteiger partial charge on any atom is -0.503 e. The number of carbonyl (C=O) groups is 1. The quantitative estimate of drug-likeness (QED) is 0.266. The number of nitrogens with one attached hydrogen (secondary N) is 1. The molecule has 0 radical (unpaired) electrons. The van der Waals surface area contributed by atoms with Crippen molar-refractivity contribution in [3.05, 3.63) is 78.8 Å². The zero-order valence-corrected chi connectivity index (χ0v) is 16.6. The van der Waals surface area contributed by atoms with Crippen LogP contribution < -0.4 is 9.47 Å². The van der Waals surface area contributed by atoms with Crippen molar-refractivity contribution < 1.29 is 23.7 Å². The molecule has 30 heavy (non-hydrogen) atoms. The number of hydrogen-bond donors (Lipinski definition) is 1. The highest BCUT2D eigenvalue weighted by Gasteiger charge is 2.18.